The topological polar surface area (TPSA) is 72.7 Å². The molecular formula is C16H16ClN5OS. The van der Waals surface area contributed by atoms with Crippen molar-refractivity contribution in [1.82, 2.24) is 25.1 Å². The van der Waals surface area contributed by atoms with Crippen LogP contribution in [-0.2, 0) is 4.79 Å². The molecule has 8 heteroatoms. The lowest BCUT2D eigenvalue weighted by Gasteiger charge is -2.08. The van der Waals surface area contributed by atoms with Gasteiger partial charge in [-0.15, -0.1) is 0 Å². The predicted octanol–water partition coefficient (Wildman–Crippen LogP) is 3.09. The first-order valence-electron chi connectivity index (χ1n) is 7.41. The number of rotatable bonds is 5. The molecule has 0 spiro atoms. The fourth-order valence-electron chi connectivity index (χ4n) is 2.21. The third-order valence-electron chi connectivity index (χ3n) is 3.19. The third kappa shape index (κ3) is 3.68. The number of fused-ring (bicyclic) bond motifs is 1. The molecule has 1 N–H and O–H groups in total. The summed E-state index contributed by atoms with van der Waals surface area (Å²) in [6.45, 7) is 3.86. The molecule has 0 aliphatic rings. The standard InChI is InChI=1S/C16H16ClN5OS/c1-10(2)21-14(23)8-24-16-13-7-20-22(15(13)18-9-19-16)12-5-3-11(17)4-6-12/h3-7,9-10H,8H2,1-2H3,(H,21,23). The number of thioether (sulfide) groups is 1. The molecule has 0 atom stereocenters. The average molecular weight is 362 g/mol. The first-order valence-corrected chi connectivity index (χ1v) is 8.78. The Balaban J connectivity index is 1.86. The number of amides is 1. The quantitative estimate of drug-likeness (QED) is 0.558. The molecule has 0 saturated heterocycles. The molecule has 1 aromatic carbocycles. The highest BCUT2D eigenvalue weighted by molar-refractivity contribution is 8.00. The molecule has 3 aromatic rings. The monoisotopic (exact) mass is 361 g/mol. The zero-order chi connectivity index (χ0) is 17.1. The average Bonchev–Trinajstić information content (AvgIpc) is 2.97. The van der Waals surface area contributed by atoms with E-state index in [4.69, 9.17) is 11.6 Å². The fourth-order valence-corrected chi connectivity index (χ4v) is 3.10. The Morgan fingerprint density at radius 2 is 2.04 bits per heavy atom. The van der Waals surface area contributed by atoms with Crippen molar-refractivity contribution in [3.63, 3.8) is 0 Å². The van der Waals surface area contributed by atoms with Crippen molar-refractivity contribution in [2.75, 3.05) is 5.75 Å². The maximum atomic E-state index is 11.8. The van der Waals surface area contributed by atoms with Crippen LogP contribution in [0.25, 0.3) is 16.7 Å². The van der Waals surface area contributed by atoms with Gasteiger partial charge in [0.25, 0.3) is 0 Å². The van der Waals surface area contributed by atoms with Gasteiger partial charge in [0.15, 0.2) is 5.65 Å². The molecule has 3 rings (SSSR count). The summed E-state index contributed by atoms with van der Waals surface area (Å²) in [5, 5.41) is 9.46. The van der Waals surface area contributed by atoms with Crippen LogP contribution in [0.2, 0.25) is 5.02 Å². The smallest absolute Gasteiger partial charge is 0.230 e. The van der Waals surface area contributed by atoms with Crippen LogP contribution in [0.3, 0.4) is 0 Å². The summed E-state index contributed by atoms with van der Waals surface area (Å²) < 4.78 is 1.73. The molecule has 2 heterocycles. The van der Waals surface area contributed by atoms with Gasteiger partial charge in [-0.25, -0.2) is 14.6 Å². The number of aromatic nitrogens is 4. The van der Waals surface area contributed by atoms with E-state index in [1.54, 1.807) is 23.0 Å². The normalized spacial score (nSPS) is 11.2. The number of halogens is 1. The summed E-state index contributed by atoms with van der Waals surface area (Å²) in [5.41, 5.74) is 1.56. The van der Waals surface area contributed by atoms with Gasteiger partial charge in [-0.3, -0.25) is 4.79 Å². The molecule has 0 aliphatic carbocycles. The number of benzene rings is 1. The van der Waals surface area contributed by atoms with E-state index in [9.17, 15) is 4.79 Å². The number of carbonyl (C=O) groups excluding carboxylic acids is 1. The fraction of sp³-hybridized carbons (Fsp3) is 0.250. The Kier molecular flexibility index (Phi) is 5.01. The van der Waals surface area contributed by atoms with Gasteiger partial charge in [0.05, 0.1) is 23.0 Å². The van der Waals surface area contributed by atoms with E-state index in [1.807, 2.05) is 26.0 Å². The Hall–Kier alpha value is -2.12. The van der Waals surface area contributed by atoms with E-state index in [0.717, 1.165) is 16.1 Å². The molecule has 0 bridgehead atoms. The summed E-state index contributed by atoms with van der Waals surface area (Å²) in [7, 11) is 0. The van der Waals surface area contributed by atoms with Gasteiger partial charge >= 0.3 is 0 Å². The van der Waals surface area contributed by atoms with Crippen molar-refractivity contribution in [2.24, 2.45) is 0 Å². The summed E-state index contributed by atoms with van der Waals surface area (Å²) in [6.07, 6.45) is 3.20. The van der Waals surface area contributed by atoms with Crippen molar-refractivity contribution in [3.8, 4) is 5.69 Å². The van der Waals surface area contributed by atoms with Crippen molar-refractivity contribution < 1.29 is 4.79 Å². The Bertz CT molecular complexity index is 863. The largest absolute Gasteiger partial charge is 0.353 e. The maximum absolute atomic E-state index is 11.8. The molecule has 1 amide bonds. The highest BCUT2D eigenvalue weighted by Gasteiger charge is 2.13. The molecule has 0 radical (unpaired) electrons. The summed E-state index contributed by atoms with van der Waals surface area (Å²) in [5.74, 6) is 0.281. The van der Waals surface area contributed by atoms with Crippen LogP contribution in [0.5, 0.6) is 0 Å². The molecule has 124 valence electrons. The lowest BCUT2D eigenvalue weighted by molar-refractivity contribution is -0.119. The second-order valence-corrected chi connectivity index (χ2v) is 6.86. The lowest BCUT2D eigenvalue weighted by atomic mass is 10.3. The van der Waals surface area contributed by atoms with E-state index in [1.165, 1.54) is 18.1 Å². The molecule has 0 saturated carbocycles. The lowest BCUT2D eigenvalue weighted by Crippen LogP contribution is -2.31. The van der Waals surface area contributed by atoms with Crippen molar-refractivity contribution in [3.05, 3.63) is 41.8 Å². The molecule has 0 fully saturated rings. The predicted molar refractivity (Wildman–Crippen MR) is 95.7 cm³/mol. The highest BCUT2D eigenvalue weighted by Crippen LogP contribution is 2.26. The van der Waals surface area contributed by atoms with Gasteiger partial charge in [-0.2, -0.15) is 5.10 Å². The molecular weight excluding hydrogens is 346 g/mol. The van der Waals surface area contributed by atoms with Gasteiger partial charge in [-0.05, 0) is 38.1 Å². The Labute approximate surface area is 148 Å². The second-order valence-electron chi connectivity index (χ2n) is 5.46. The first kappa shape index (κ1) is 16.7. The van der Waals surface area contributed by atoms with E-state index >= 15 is 0 Å². The van der Waals surface area contributed by atoms with E-state index in [-0.39, 0.29) is 11.9 Å². The van der Waals surface area contributed by atoms with Crippen molar-refractivity contribution in [1.29, 1.82) is 0 Å². The molecule has 0 unspecified atom stereocenters. The molecule has 6 nitrogen and oxygen atoms in total. The minimum atomic E-state index is -0.0214. The maximum Gasteiger partial charge on any atom is 0.230 e. The summed E-state index contributed by atoms with van der Waals surface area (Å²) in [4.78, 5) is 20.4. The second kappa shape index (κ2) is 7.19. The number of carbonyl (C=O) groups is 1. The number of nitrogens with one attached hydrogen (secondary N) is 1. The minimum absolute atomic E-state index is 0.0214. The van der Waals surface area contributed by atoms with Crippen molar-refractivity contribution in [2.45, 2.75) is 24.9 Å². The third-order valence-corrected chi connectivity index (χ3v) is 4.45. The van der Waals surface area contributed by atoms with Crippen molar-refractivity contribution >= 4 is 40.3 Å². The summed E-state index contributed by atoms with van der Waals surface area (Å²) in [6, 6.07) is 7.48. The van der Waals surface area contributed by atoms with Crippen LogP contribution in [0.1, 0.15) is 13.8 Å². The van der Waals surface area contributed by atoms with Crippen LogP contribution in [0, 0.1) is 0 Å². The van der Waals surface area contributed by atoms with E-state index < -0.39 is 0 Å². The van der Waals surface area contributed by atoms with Crippen LogP contribution < -0.4 is 5.32 Å². The van der Waals surface area contributed by atoms with Crippen LogP contribution >= 0.6 is 23.4 Å². The van der Waals surface area contributed by atoms with Crippen LogP contribution in [0.4, 0.5) is 0 Å². The SMILES string of the molecule is CC(C)NC(=O)CSc1ncnc2c1cnn2-c1ccc(Cl)cc1. The number of nitrogens with zero attached hydrogens (tertiary/aromatic N) is 4. The summed E-state index contributed by atoms with van der Waals surface area (Å²) >= 11 is 7.30. The van der Waals surface area contributed by atoms with Gasteiger partial charge in [0, 0.05) is 11.1 Å². The van der Waals surface area contributed by atoms with Crippen LogP contribution in [0.15, 0.2) is 41.8 Å². The number of hydrogen-bond donors (Lipinski definition) is 1. The van der Waals surface area contributed by atoms with Gasteiger partial charge in [-0.1, -0.05) is 23.4 Å². The van der Waals surface area contributed by atoms with E-state index in [0.29, 0.717) is 16.4 Å². The highest BCUT2D eigenvalue weighted by atomic mass is 35.5. The van der Waals surface area contributed by atoms with Gasteiger partial charge < -0.3 is 5.32 Å². The zero-order valence-electron chi connectivity index (χ0n) is 13.2. The van der Waals surface area contributed by atoms with Crippen LogP contribution in [-0.4, -0.2) is 37.5 Å². The Morgan fingerprint density at radius 3 is 2.75 bits per heavy atom. The zero-order valence-corrected chi connectivity index (χ0v) is 14.8. The molecule has 0 aliphatic heterocycles. The van der Waals surface area contributed by atoms with Gasteiger partial charge in [0.1, 0.15) is 11.4 Å². The number of hydrogen-bond acceptors (Lipinski definition) is 5. The Morgan fingerprint density at radius 1 is 1.29 bits per heavy atom. The molecule has 24 heavy (non-hydrogen) atoms. The first-order chi connectivity index (χ1) is 11.5. The minimum Gasteiger partial charge on any atom is -0.353 e. The molecule has 2 aromatic heterocycles. The van der Waals surface area contributed by atoms with Gasteiger partial charge in [0.2, 0.25) is 5.91 Å². The van der Waals surface area contributed by atoms with E-state index in [2.05, 4.69) is 20.4 Å².